The number of nitrogens with zero attached hydrogens (tertiary/aromatic N) is 4. The maximum atomic E-state index is 12.3. The van der Waals surface area contributed by atoms with E-state index < -0.39 is 0 Å². The van der Waals surface area contributed by atoms with Crippen molar-refractivity contribution in [2.75, 3.05) is 13.1 Å². The first-order chi connectivity index (χ1) is 10.2. The Kier molecular flexibility index (Phi) is 3.77. The number of hydrogen-bond donors (Lipinski definition) is 0. The molecular weight excluding hydrogens is 268 g/mol. The number of likely N-dealkylation sites (tertiary alicyclic amines) is 1. The van der Waals surface area contributed by atoms with Crippen LogP contribution >= 0.6 is 0 Å². The number of pyridine rings is 1. The minimum Gasteiger partial charge on any atom is -0.471 e. The molecule has 108 valence electrons. The Morgan fingerprint density at radius 1 is 1.29 bits per heavy atom. The van der Waals surface area contributed by atoms with Crippen molar-refractivity contribution in [1.29, 1.82) is 0 Å². The summed E-state index contributed by atoms with van der Waals surface area (Å²) in [5.74, 6) is 0.439. The van der Waals surface area contributed by atoms with Crippen LogP contribution in [0.15, 0.2) is 36.5 Å². The monoisotopic (exact) mass is 284 g/mol. The van der Waals surface area contributed by atoms with E-state index in [1.807, 2.05) is 19.1 Å². The van der Waals surface area contributed by atoms with Crippen molar-refractivity contribution in [3.63, 3.8) is 0 Å². The predicted molar refractivity (Wildman–Crippen MR) is 75.9 cm³/mol. The molecule has 6 heteroatoms. The zero-order valence-electron chi connectivity index (χ0n) is 11.8. The summed E-state index contributed by atoms with van der Waals surface area (Å²) in [6, 6.07) is 8.98. The van der Waals surface area contributed by atoms with Gasteiger partial charge in [-0.15, -0.1) is 5.10 Å². The third-order valence-corrected chi connectivity index (χ3v) is 3.38. The minimum atomic E-state index is -0.0586. The molecule has 1 saturated heterocycles. The quantitative estimate of drug-likeness (QED) is 0.854. The first-order valence-corrected chi connectivity index (χ1v) is 6.89. The van der Waals surface area contributed by atoms with E-state index >= 15 is 0 Å². The summed E-state index contributed by atoms with van der Waals surface area (Å²) in [5, 5.41) is 7.94. The number of aromatic nitrogens is 3. The predicted octanol–water partition coefficient (Wildman–Crippen LogP) is 1.47. The van der Waals surface area contributed by atoms with Gasteiger partial charge in [0.1, 0.15) is 11.8 Å². The fraction of sp³-hybridized carbons (Fsp3) is 0.333. The van der Waals surface area contributed by atoms with Gasteiger partial charge in [-0.1, -0.05) is 6.07 Å². The smallest absolute Gasteiger partial charge is 0.272 e. The number of carbonyl (C=O) groups is 1. The Morgan fingerprint density at radius 2 is 2.19 bits per heavy atom. The van der Waals surface area contributed by atoms with E-state index in [0.29, 0.717) is 24.7 Å². The number of carbonyl (C=O) groups excluding carboxylic acids is 1. The Hall–Kier alpha value is -2.50. The molecule has 1 atom stereocenters. The molecule has 2 aromatic rings. The van der Waals surface area contributed by atoms with Gasteiger partial charge in [0.25, 0.3) is 5.91 Å². The molecule has 0 N–H and O–H groups in total. The van der Waals surface area contributed by atoms with Crippen molar-refractivity contribution in [3.8, 4) is 5.88 Å². The second-order valence-electron chi connectivity index (χ2n) is 5.01. The number of ether oxygens (including phenoxy) is 1. The van der Waals surface area contributed by atoms with Gasteiger partial charge in [-0.25, -0.2) is 0 Å². The van der Waals surface area contributed by atoms with Crippen molar-refractivity contribution >= 4 is 5.91 Å². The summed E-state index contributed by atoms with van der Waals surface area (Å²) in [6.45, 7) is 3.09. The van der Waals surface area contributed by atoms with E-state index in [2.05, 4.69) is 15.2 Å². The lowest BCUT2D eigenvalue weighted by atomic mass is 10.3. The van der Waals surface area contributed by atoms with Crippen LogP contribution in [-0.4, -0.2) is 45.2 Å². The van der Waals surface area contributed by atoms with E-state index in [1.165, 1.54) is 0 Å². The molecular formula is C15H16N4O2. The fourth-order valence-corrected chi connectivity index (χ4v) is 2.28. The maximum Gasteiger partial charge on any atom is 0.272 e. The van der Waals surface area contributed by atoms with Gasteiger partial charge in [-0.2, -0.15) is 5.10 Å². The Balaban J connectivity index is 1.60. The van der Waals surface area contributed by atoms with Crippen LogP contribution in [-0.2, 0) is 0 Å². The fourth-order valence-electron chi connectivity index (χ4n) is 2.28. The molecule has 1 fully saturated rings. The molecule has 2 aromatic heterocycles. The average molecular weight is 284 g/mol. The molecule has 0 saturated carbocycles. The lowest BCUT2D eigenvalue weighted by Gasteiger charge is -2.16. The molecule has 1 aliphatic rings. The van der Waals surface area contributed by atoms with Crippen LogP contribution in [0.1, 0.15) is 22.6 Å². The minimum absolute atomic E-state index is 0.0466. The lowest BCUT2D eigenvalue weighted by Crippen LogP contribution is -2.31. The zero-order valence-corrected chi connectivity index (χ0v) is 11.8. The second kappa shape index (κ2) is 5.87. The van der Waals surface area contributed by atoms with Crippen LogP contribution in [0.5, 0.6) is 5.88 Å². The van der Waals surface area contributed by atoms with Gasteiger partial charge in [0, 0.05) is 25.2 Å². The molecule has 0 radical (unpaired) electrons. The number of rotatable bonds is 3. The van der Waals surface area contributed by atoms with Gasteiger partial charge in [-0.05, 0) is 25.1 Å². The Bertz CT molecular complexity index is 615. The molecule has 0 bridgehead atoms. The topological polar surface area (TPSA) is 68.2 Å². The summed E-state index contributed by atoms with van der Waals surface area (Å²) in [6.07, 6.45) is 2.36. The molecule has 3 rings (SSSR count). The number of hydrogen-bond acceptors (Lipinski definition) is 5. The summed E-state index contributed by atoms with van der Waals surface area (Å²) in [7, 11) is 0. The highest BCUT2D eigenvalue weighted by molar-refractivity contribution is 5.92. The van der Waals surface area contributed by atoms with E-state index in [-0.39, 0.29) is 12.0 Å². The van der Waals surface area contributed by atoms with Gasteiger partial charge >= 0.3 is 0 Å². The summed E-state index contributed by atoms with van der Waals surface area (Å²) < 4.78 is 5.76. The van der Waals surface area contributed by atoms with Crippen LogP contribution in [0.4, 0.5) is 0 Å². The van der Waals surface area contributed by atoms with Crippen LogP contribution in [0.3, 0.4) is 0 Å². The Morgan fingerprint density at radius 3 is 2.90 bits per heavy atom. The summed E-state index contributed by atoms with van der Waals surface area (Å²) >= 11 is 0. The van der Waals surface area contributed by atoms with Crippen LogP contribution < -0.4 is 4.74 Å². The lowest BCUT2D eigenvalue weighted by molar-refractivity contribution is 0.0765. The average Bonchev–Trinajstić information content (AvgIpc) is 2.98. The van der Waals surface area contributed by atoms with Gasteiger partial charge in [-0.3, -0.25) is 9.78 Å². The van der Waals surface area contributed by atoms with Crippen LogP contribution in [0.25, 0.3) is 0 Å². The standard InChI is InChI=1S/C15H16N4O2/c1-11-5-6-14(18-17-11)21-12-7-9-19(10-12)15(20)13-4-2-3-8-16-13/h2-6,8,12H,7,9-10H2,1H3. The molecule has 21 heavy (non-hydrogen) atoms. The summed E-state index contributed by atoms with van der Waals surface area (Å²) in [4.78, 5) is 18.1. The normalized spacial score (nSPS) is 17.8. The first-order valence-electron chi connectivity index (χ1n) is 6.89. The third kappa shape index (κ3) is 3.16. The highest BCUT2D eigenvalue weighted by atomic mass is 16.5. The molecule has 3 heterocycles. The van der Waals surface area contributed by atoms with E-state index in [0.717, 1.165) is 12.1 Å². The first kappa shape index (κ1) is 13.5. The molecule has 1 aliphatic heterocycles. The van der Waals surface area contributed by atoms with E-state index in [1.54, 1.807) is 29.3 Å². The molecule has 1 unspecified atom stereocenters. The molecule has 0 aliphatic carbocycles. The number of amides is 1. The Labute approximate surface area is 122 Å². The molecule has 1 amide bonds. The second-order valence-corrected chi connectivity index (χ2v) is 5.01. The SMILES string of the molecule is Cc1ccc(OC2CCN(C(=O)c3ccccn3)C2)nn1. The van der Waals surface area contributed by atoms with Crippen molar-refractivity contribution in [1.82, 2.24) is 20.1 Å². The maximum absolute atomic E-state index is 12.3. The third-order valence-electron chi connectivity index (χ3n) is 3.38. The van der Waals surface area contributed by atoms with Crippen molar-refractivity contribution < 1.29 is 9.53 Å². The van der Waals surface area contributed by atoms with Gasteiger partial charge in [0.2, 0.25) is 5.88 Å². The van der Waals surface area contributed by atoms with Crippen molar-refractivity contribution in [3.05, 3.63) is 47.9 Å². The van der Waals surface area contributed by atoms with Crippen LogP contribution in [0, 0.1) is 6.92 Å². The van der Waals surface area contributed by atoms with Gasteiger partial charge in [0.05, 0.1) is 12.2 Å². The number of aryl methyl sites for hydroxylation is 1. The van der Waals surface area contributed by atoms with Crippen LogP contribution in [0.2, 0.25) is 0 Å². The molecule has 0 aromatic carbocycles. The highest BCUT2D eigenvalue weighted by Crippen LogP contribution is 2.17. The molecule has 0 spiro atoms. The highest BCUT2D eigenvalue weighted by Gasteiger charge is 2.29. The molecule has 6 nitrogen and oxygen atoms in total. The van der Waals surface area contributed by atoms with Gasteiger partial charge in [0.15, 0.2) is 0 Å². The summed E-state index contributed by atoms with van der Waals surface area (Å²) in [5.41, 5.74) is 1.31. The van der Waals surface area contributed by atoms with Gasteiger partial charge < -0.3 is 9.64 Å². The van der Waals surface area contributed by atoms with E-state index in [9.17, 15) is 4.79 Å². The van der Waals surface area contributed by atoms with Crippen molar-refractivity contribution in [2.45, 2.75) is 19.4 Å². The largest absolute Gasteiger partial charge is 0.471 e. The zero-order chi connectivity index (χ0) is 14.7. The van der Waals surface area contributed by atoms with Crippen molar-refractivity contribution in [2.24, 2.45) is 0 Å². The van der Waals surface area contributed by atoms with E-state index in [4.69, 9.17) is 4.74 Å².